The van der Waals surface area contributed by atoms with Crippen LogP contribution in [0.2, 0.25) is 5.15 Å². The van der Waals surface area contributed by atoms with Crippen molar-refractivity contribution in [1.29, 1.82) is 0 Å². The molecule has 4 aliphatic rings. The van der Waals surface area contributed by atoms with Crippen molar-refractivity contribution in [3.63, 3.8) is 0 Å². The number of rotatable bonds is 1. The Hall–Kier alpha value is -0.928. The minimum atomic E-state index is -2.92. The van der Waals surface area contributed by atoms with Crippen molar-refractivity contribution in [2.24, 2.45) is 5.92 Å². The summed E-state index contributed by atoms with van der Waals surface area (Å²) in [6, 6.07) is -0.469. The maximum Gasteiger partial charge on any atom is 0.316 e. The molecule has 0 amide bonds. The minimum absolute atomic E-state index is 0. The summed E-state index contributed by atoms with van der Waals surface area (Å²) in [7, 11) is 0. The van der Waals surface area contributed by atoms with Crippen LogP contribution in [0.4, 0.5) is 23.4 Å². The van der Waals surface area contributed by atoms with E-state index in [1.807, 2.05) is 0 Å². The van der Waals surface area contributed by atoms with E-state index in [1.165, 1.54) is 23.6 Å². The molecule has 6 rings (SSSR count). The fourth-order valence-electron chi connectivity index (χ4n) is 4.78. The van der Waals surface area contributed by atoms with Gasteiger partial charge in [0, 0.05) is 43.9 Å². The molecule has 1 N–H and O–H groups in total. The number of pyridine rings is 1. The van der Waals surface area contributed by atoms with Gasteiger partial charge < -0.3 is 19.6 Å². The molecule has 0 radical (unpaired) electrons. The molecule has 1 saturated carbocycles. The van der Waals surface area contributed by atoms with E-state index in [-0.39, 0.29) is 67.6 Å². The Morgan fingerprint density at radius 2 is 2.06 bits per heavy atom. The van der Waals surface area contributed by atoms with Crippen LogP contribution in [0.5, 0.6) is 6.01 Å². The van der Waals surface area contributed by atoms with Gasteiger partial charge in [-0.2, -0.15) is 16.4 Å². The van der Waals surface area contributed by atoms with Gasteiger partial charge in [0.25, 0.3) is 5.92 Å². The van der Waals surface area contributed by atoms with Crippen LogP contribution in [0.3, 0.4) is 0 Å². The fraction of sp³-hybridized carbons (Fsp3) is 0.600. The van der Waals surface area contributed by atoms with Crippen LogP contribution < -0.4 is 4.90 Å². The number of hydrogen-bond donors (Lipinski definition) is 1. The molecule has 3 aliphatic heterocycles. The van der Waals surface area contributed by atoms with Crippen LogP contribution in [-0.4, -0.2) is 75.9 Å². The van der Waals surface area contributed by atoms with Crippen LogP contribution in [0.15, 0.2) is 6.20 Å². The molecule has 0 spiro atoms. The maximum atomic E-state index is 14.1. The molecule has 7 nitrogen and oxygen atoms in total. The van der Waals surface area contributed by atoms with E-state index in [2.05, 4.69) is 19.9 Å². The monoisotopic (exact) mass is 712 g/mol. The molecular formula is C20H21ClF4N5O2U-. The molecule has 3 atom stereocenters. The second-order valence-corrected chi connectivity index (χ2v) is 8.74. The quantitative estimate of drug-likeness (QED) is 0.277. The summed E-state index contributed by atoms with van der Waals surface area (Å²) in [5, 5.41) is 9.34. The van der Waals surface area contributed by atoms with Crippen LogP contribution in [0, 0.1) is 48.9 Å². The third kappa shape index (κ3) is 4.66. The summed E-state index contributed by atoms with van der Waals surface area (Å²) in [6.45, 7) is 2.08. The smallest absolute Gasteiger partial charge is 0.316 e. The fourth-order valence-corrected chi connectivity index (χ4v) is 4.92. The van der Waals surface area contributed by atoms with Crippen molar-refractivity contribution in [2.75, 3.05) is 37.7 Å². The number of aromatic nitrogens is 3. The Balaban J connectivity index is 0.000000217. The molecule has 178 valence electrons. The van der Waals surface area contributed by atoms with Gasteiger partial charge in [0.1, 0.15) is 17.4 Å². The summed E-state index contributed by atoms with van der Waals surface area (Å²) in [5.41, 5.74) is -0.266. The van der Waals surface area contributed by atoms with Gasteiger partial charge in [0.05, 0.1) is 30.7 Å². The number of hydrogen-bond acceptors (Lipinski definition) is 7. The van der Waals surface area contributed by atoms with Crippen LogP contribution in [0.25, 0.3) is 10.9 Å². The predicted molar refractivity (Wildman–Crippen MR) is 108 cm³/mol. The van der Waals surface area contributed by atoms with E-state index in [1.54, 1.807) is 0 Å². The molecule has 4 fully saturated rings. The molecule has 33 heavy (non-hydrogen) atoms. The molecule has 3 saturated heterocycles. The largest absolute Gasteiger partial charge is 0.479 e. The third-order valence-electron chi connectivity index (χ3n) is 6.37. The average molecular weight is 713 g/mol. The van der Waals surface area contributed by atoms with Gasteiger partial charge in [0.2, 0.25) is 0 Å². The number of alkyl halides is 3. The number of aromatic hydroxyl groups is 1. The van der Waals surface area contributed by atoms with Gasteiger partial charge in [-0.05, 0) is 13.1 Å². The SMILES string of the molecule is F[C@@H]1C[C-]2CCCN2C1.Oc1nc(N2CCOC[C@@H]3[C@H]2C3(F)F)c2cnc(Cl)c(F)c2n1.[U]. The van der Waals surface area contributed by atoms with Crippen molar-refractivity contribution >= 4 is 28.3 Å². The molecule has 5 heterocycles. The first-order valence-electron chi connectivity index (χ1n) is 10.4. The van der Waals surface area contributed by atoms with Gasteiger partial charge in [-0.15, -0.1) is 6.42 Å². The Morgan fingerprint density at radius 1 is 1.27 bits per heavy atom. The van der Waals surface area contributed by atoms with Crippen molar-refractivity contribution in [3.05, 3.63) is 23.2 Å². The average Bonchev–Trinajstić information content (AvgIpc) is 2.93. The Bertz CT molecular complexity index is 1030. The normalized spacial score (nSPS) is 28.4. The van der Waals surface area contributed by atoms with E-state index in [0.29, 0.717) is 6.54 Å². The van der Waals surface area contributed by atoms with Gasteiger partial charge >= 0.3 is 6.01 Å². The van der Waals surface area contributed by atoms with Crippen molar-refractivity contribution in [3.8, 4) is 6.01 Å². The predicted octanol–water partition coefficient (Wildman–Crippen LogP) is 3.35. The molecular weight excluding hydrogens is 692 g/mol. The van der Waals surface area contributed by atoms with E-state index in [4.69, 9.17) is 16.3 Å². The first-order chi connectivity index (χ1) is 15.3. The van der Waals surface area contributed by atoms with Crippen molar-refractivity contribution in [2.45, 2.75) is 37.4 Å². The van der Waals surface area contributed by atoms with Gasteiger partial charge in [0.15, 0.2) is 11.0 Å². The van der Waals surface area contributed by atoms with Crippen LogP contribution in [0.1, 0.15) is 19.3 Å². The number of anilines is 1. The van der Waals surface area contributed by atoms with E-state index in [9.17, 15) is 22.7 Å². The summed E-state index contributed by atoms with van der Waals surface area (Å²) in [5.74, 6) is -4.82. The zero-order valence-electron chi connectivity index (χ0n) is 17.4. The van der Waals surface area contributed by atoms with E-state index < -0.39 is 41.0 Å². The van der Waals surface area contributed by atoms with Gasteiger partial charge in [-0.25, -0.2) is 28.6 Å². The minimum Gasteiger partial charge on any atom is -0.479 e. The zero-order valence-corrected chi connectivity index (χ0v) is 22.4. The van der Waals surface area contributed by atoms with E-state index in [0.717, 1.165) is 19.4 Å². The maximum absolute atomic E-state index is 14.1. The third-order valence-corrected chi connectivity index (χ3v) is 6.63. The molecule has 0 bridgehead atoms. The number of fused-ring (bicyclic) bond motifs is 3. The summed E-state index contributed by atoms with van der Waals surface area (Å²) >= 11 is 5.60. The Labute approximate surface area is 216 Å². The Morgan fingerprint density at radius 3 is 2.82 bits per heavy atom. The topological polar surface area (TPSA) is 74.6 Å². The number of halogens is 5. The first-order valence-corrected chi connectivity index (χ1v) is 10.8. The van der Waals surface area contributed by atoms with Crippen LogP contribution >= 0.6 is 11.6 Å². The summed E-state index contributed by atoms with van der Waals surface area (Å²) < 4.78 is 59.7. The molecule has 0 aromatic carbocycles. The first kappa shape index (κ1) is 25.2. The van der Waals surface area contributed by atoms with Gasteiger partial charge in [-0.1, -0.05) is 18.0 Å². The molecule has 1 aliphatic carbocycles. The van der Waals surface area contributed by atoms with E-state index >= 15 is 0 Å². The van der Waals surface area contributed by atoms with Gasteiger partial charge in [-0.3, -0.25) is 0 Å². The Kier molecular flexibility index (Phi) is 7.33. The zero-order chi connectivity index (χ0) is 22.6. The number of ether oxygens (including phenoxy) is 1. The second-order valence-electron chi connectivity index (χ2n) is 8.38. The standard InChI is InChI=1S/C13H10ClF3N4O2.C7H11FN.U/c14-10-7(15)8-5(3-18-10)11(20-12(22)19-8)21-1-2-23-4-6-9(21)13(6,16)17;8-6-4-7-2-1-3-9(7)5-6;/h3,6,9H,1-2,4H2,(H,19,20,22);6H,1-5H2;/q;-1;/t6-,9+;6-;/m11./s1. The number of nitrogens with zero attached hydrogens (tertiary/aromatic N) is 5. The molecule has 13 heteroatoms. The van der Waals surface area contributed by atoms with Crippen LogP contribution in [-0.2, 0) is 4.74 Å². The second kappa shape index (κ2) is 9.61. The summed E-state index contributed by atoms with van der Waals surface area (Å²) in [6.07, 6.45) is 3.78. The molecule has 0 unspecified atom stereocenters. The molecule has 2 aromatic heterocycles. The van der Waals surface area contributed by atoms with Crippen molar-refractivity contribution in [1.82, 2.24) is 19.9 Å². The van der Waals surface area contributed by atoms with Crippen molar-refractivity contribution < 1.29 is 58.5 Å². The summed E-state index contributed by atoms with van der Waals surface area (Å²) in [4.78, 5) is 14.6. The molecule has 2 aromatic rings.